The van der Waals surface area contributed by atoms with Crippen molar-refractivity contribution in [1.29, 1.82) is 0 Å². The molecular weight excluding hydrogens is 519 g/mol. The number of piperidine rings is 1. The molecule has 0 saturated carbocycles. The van der Waals surface area contributed by atoms with Crippen LogP contribution in [0, 0.1) is 0 Å². The highest BCUT2D eigenvalue weighted by Crippen LogP contribution is 2.36. The minimum atomic E-state index is -4.79. The number of ether oxygens (including phenoxy) is 1. The lowest BCUT2D eigenvalue weighted by Crippen LogP contribution is -2.47. The molecule has 0 aliphatic carbocycles. The Balaban J connectivity index is 1.32. The minimum Gasteiger partial charge on any atom is -0.370 e. The first kappa shape index (κ1) is 28.5. The summed E-state index contributed by atoms with van der Waals surface area (Å²) in [7, 11) is -2.66. The van der Waals surface area contributed by atoms with E-state index in [0.29, 0.717) is 12.8 Å². The van der Waals surface area contributed by atoms with E-state index in [1.165, 1.54) is 17.7 Å². The SMILES string of the molecule is CN(C(=O)COCC1CCCCN1S(=O)(=O)c1ccccc1C(F)(F)F)[C@H]1CCN(Cc2ccccc2)C1. The molecule has 4 rings (SSSR count). The van der Waals surface area contributed by atoms with Crippen molar-refractivity contribution >= 4 is 15.9 Å². The molecule has 0 bridgehead atoms. The minimum absolute atomic E-state index is 0.0558. The molecule has 0 N–H and O–H groups in total. The van der Waals surface area contributed by atoms with Gasteiger partial charge in [-0.1, -0.05) is 48.9 Å². The summed E-state index contributed by atoms with van der Waals surface area (Å²) in [5, 5.41) is 0. The van der Waals surface area contributed by atoms with Gasteiger partial charge in [-0.3, -0.25) is 9.69 Å². The first-order valence-electron chi connectivity index (χ1n) is 12.8. The number of halogens is 3. The summed E-state index contributed by atoms with van der Waals surface area (Å²) in [5.41, 5.74) is 0.0372. The third-order valence-electron chi connectivity index (χ3n) is 7.33. The lowest BCUT2D eigenvalue weighted by Gasteiger charge is -2.35. The third kappa shape index (κ3) is 6.74. The van der Waals surface area contributed by atoms with Gasteiger partial charge in [-0.2, -0.15) is 17.5 Å². The number of rotatable bonds is 9. The Hall–Kier alpha value is -2.47. The van der Waals surface area contributed by atoms with Crippen LogP contribution in [0.25, 0.3) is 0 Å². The fraction of sp³-hybridized carbons (Fsp3) is 0.519. The topological polar surface area (TPSA) is 70.2 Å². The van der Waals surface area contributed by atoms with Gasteiger partial charge in [-0.15, -0.1) is 0 Å². The monoisotopic (exact) mass is 553 g/mol. The van der Waals surface area contributed by atoms with Crippen molar-refractivity contribution < 1.29 is 31.1 Å². The molecule has 2 atom stereocenters. The summed E-state index contributed by atoms with van der Waals surface area (Å²) in [5.74, 6) is -0.204. The number of hydrogen-bond acceptors (Lipinski definition) is 5. The van der Waals surface area contributed by atoms with Gasteiger partial charge in [0.25, 0.3) is 0 Å². The zero-order chi connectivity index (χ0) is 27.3. The first-order chi connectivity index (χ1) is 18.1. The maximum atomic E-state index is 13.5. The Morgan fingerprint density at radius 3 is 2.47 bits per heavy atom. The van der Waals surface area contributed by atoms with E-state index in [1.807, 2.05) is 18.2 Å². The third-order valence-corrected chi connectivity index (χ3v) is 9.34. The van der Waals surface area contributed by atoms with Crippen LogP contribution in [0.2, 0.25) is 0 Å². The molecule has 2 heterocycles. The molecule has 1 unspecified atom stereocenters. The fourth-order valence-corrected chi connectivity index (χ4v) is 7.10. The number of likely N-dealkylation sites (tertiary alicyclic amines) is 1. The number of carbonyl (C=O) groups is 1. The van der Waals surface area contributed by atoms with Crippen molar-refractivity contribution in [1.82, 2.24) is 14.1 Å². The Bertz CT molecular complexity index is 1190. The Morgan fingerprint density at radius 2 is 1.74 bits per heavy atom. The number of carbonyl (C=O) groups excluding carboxylic acids is 1. The molecule has 2 fully saturated rings. The van der Waals surface area contributed by atoms with Crippen LogP contribution in [0.5, 0.6) is 0 Å². The number of nitrogens with zero attached hydrogens (tertiary/aromatic N) is 3. The van der Waals surface area contributed by atoms with E-state index in [4.69, 9.17) is 4.74 Å². The van der Waals surface area contributed by atoms with E-state index >= 15 is 0 Å². The molecule has 208 valence electrons. The van der Waals surface area contributed by atoms with Crippen LogP contribution in [-0.2, 0) is 32.3 Å². The van der Waals surface area contributed by atoms with Gasteiger partial charge >= 0.3 is 6.18 Å². The highest BCUT2D eigenvalue weighted by atomic mass is 32.2. The number of likely N-dealkylation sites (N-methyl/N-ethyl adjacent to an activating group) is 1. The number of alkyl halides is 3. The predicted molar refractivity (Wildman–Crippen MR) is 137 cm³/mol. The zero-order valence-corrected chi connectivity index (χ0v) is 22.3. The summed E-state index contributed by atoms with van der Waals surface area (Å²) >= 11 is 0. The molecule has 38 heavy (non-hydrogen) atoms. The molecule has 2 aliphatic rings. The van der Waals surface area contributed by atoms with Gasteiger partial charge in [0.05, 0.1) is 17.1 Å². The van der Waals surface area contributed by atoms with Gasteiger partial charge in [-0.25, -0.2) is 8.42 Å². The van der Waals surface area contributed by atoms with Crippen molar-refractivity contribution in [3.8, 4) is 0 Å². The quantitative estimate of drug-likeness (QED) is 0.470. The van der Waals surface area contributed by atoms with E-state index in [-0.39, 0.29) is 31.7 Å². The highest BCUT2D eigenvalue weighted by Gasteiger charge is 2.41. The fourth-order valence-electron chi connectivity index (χ4n) is 5.21. The van der Waals surface area contributed by atoms with E-state index in [2.05, 4.69) is 17.0 Å². The molecule has 1 amide bonds. The van der Waals surface area contributed by atoms with Gasteiger partial charge in [0.2, 0.25) is 15.9 Å². The van der Waals surface area contributed by atoms with Crippen LogP contribution in [-0.4, -0.2) is 80.4 Å². The Kier molecular flexibility index (Phi) is 9.12. The second-order valence-electron chi connectivity index (χ2n) is 9.94. The summed E-state index contributed by atoms with van der Waals surface area (Å²) in [6, 6.07) is 13.8. The molecular formula is C27H34F3N3O4S. The van der Waals surface area contributed by atoms with Gasteiger partial charge in [0.1, 0.15) is 6.61 Å². The average molecular weight is 554 g/mol. The molecule has 2 aliphatic heterocycles. The molecule has 2 saturated heterocycles. The largest absolute Gasteiger partial charge is 0.417 e. The highest BCUT2D eigenvalue weighted by molar-refractivity contribution is 7.89. The van der Waals surface area contributed by atoms with E-state index in [9.17, 15) is 26.4 Å². The van der Waals surface area contributed by atoms with Gasteiger partial charge in [0, 0.05) is 45.3 Å². The van der Waals surface area contributed by atoms with Crippen molar-refractivity contribution in [2.75, 3.05) is 39.9 Å². The Morgan fingerprint density at radius 1 is 1.03 bits per heavy atom. The van der Waals surface area contributed by atoms with Crippen molar-refractivity contribution in [2.24, 2.45) is 0 Å². The average Bonchev–Trinajstić information content (AvgIpc) is 3.37. The summed E-state index contributed by atoms with van der Waals surface area (Å²) in [4.78, 5) is 16.0. The molecule has 7 nitrogen and oxygen atoms in total. The van der Waals surface area contributed by atoms with Crippen LogP contribution in [0.3, 0.4) is 0 Å². The van der Waals surface area contributed by atoms with Gasteiger partial charge < -0.3 is 9.64 Å². The molecule has 2 aromatic rings. The van der Waals surface area contributed by atoms with Crippen molar-refractivity contribution in [3.05, 3.63) is 65.7 Å². The normalized spacial score (nSPS) is 21.5. The van der Waals surface area contributed by atoms with Crippen LogP contribution >= 0.6 is 0 Å². The number of amides is 1. The van der Waals surface area contributed by atoms with Crippen LogP contribution in [0.1, 0.15) is 36.8 Å². The van der Waals surface area contributed by atoms with Crippen LogP contribution in [0.15, 0.2) is 59.5 Å². The molecule has 0 spiro atoms. The first-order valence-corrected chi connectivity index (χ1v) is 14.3. The molecule has 0 radical (unpaired) electrons. The van der Waals surface area contributed by atoms with E-state index < -0.39 is 32.7 Å². The van der Waals surface area contributed by atoms with Crippen molar-refractivity contribution in [2.45, 2.75) is 55.4 Å². The molecule has 11 heteroatoms. The summed E-state index contributed by atoms with van der Waals surface area (Å²) in [6.07, 6.45) is -2.21. The number of sulfonamides is 1. The van der Waals surface area contributed by atoms with Crippen molar-refractivity contribution in [3.63, 3.8) is 0 Å². The number of hydrogen-bond donors (Lipinski definition) is 0. The van der Waals surface area contributed by atoms with Crippen LogP contribution < -0.4 is 0 Å². The maximum Gasteiger partial charge on any atom is 0.417 e. The van der Waals surface area contributed by atoms with E-state index in [0.717, 1.165) is 48.9 Å². The lowest BCUT2D eigenvalue weighted by molar-refractivity contribution is -0.140. The second kappa shape index (κ2) is 12.1. The predicted octanol–water partition coefficient (Wildman–Crippen LogP) is 4.00. The lowest BCUT2D eigenvalue weighted by atomic mass is 10.1. The van der Waals surface area contributed by atoms with Crippen LogP contribution in [0.4, 0.5) is 13.2 Å². The standard InChI is InChI=1S/C27H34F3N3O4S/c1-31(22-14-16-32(18-22)17-21-9-3-2-4-10-21)26(34)20-37-19-23-11-7-8-15-33(23)38(35,36)25-13-6-5-12-24(25)27(28,29)30/h2-6,9-10,12-13,22-23H,7-8,11,14-20H2,1H3/t22-,23?/m0/s1. The Labute approximate surface area is 222 Å². The summed E-state index contributed by atoms with van der Waals surface area (Å²) in [6.45, 7) is 2.29. The maximum absolute atomic E-state index is 13.5. The zero-order valence-electron chi connectivity index (χ0n) is 21.4. The summed E-state index contributed by atoms with van der Waals surface area (Å²) < 4.78 is 73.9. The van der Waals surface area contributed by atoms with E-state index in [1.54, 1.807) is 11.9 Å². The number of benzene rings is 2. The van der Waals surface area contributed by atoms with Gasteiger partial charge in [0.15, 0.2) is 0 Å². The van der Waals surface area contributed by atoms with Gasteiger partial charge in [-0.05, 0) is 37.0 Å². The molecule has 2 aromatic carbocycles. The second-order valence-corrected chi connectivity index (χ2v) is 11.8. The smallest absolute Gasteiger partial charge is 0.370 e. The molecule has 0 aromatic heterocycles.